The first-order chi connectivity index (χ1) is 7.25. The number of likely N-dealkylation sites (tertiary alicyclic amines) is 1. The zero-order valence-corrected chi connectivity index (χ0v) is 9.67. The fourth-order valence-electron chi connectivity index (χ4n) is 2.33. The van der Waals surface area contributed by atoms with E-state index in [0.29, 0.717) is 17.7 Å². The highest BCUT2D eigenvalue weighted by atomic mass is 16.1. The summed E-state index contributed by atoms with van der Waals surface area (Å²) in [6.07, 6.45) is 5.94. The molecule has 1 saturated heterocycles. The van der Waals surface area contributed by atoms with E-state index in [2.05, 4.69) is 17.3 Å². The van der Waals surface area contributed by atoms with Gasteiger partial charge in [0.15, 0.2) is 0 Å². The first-order valence-electron chi connectivity index (χ1n) is 6.22. The predicted molar refractivity (Wildman–Crippen MR) is 60.6 cm³/mol. The highest BCUT2D eigenvalue weighted by Crippen LogP contribution is 2.26. The van der Waals surface area contributed by atoms with E-state index in [0.717, 1.165) is 19.4 Å². The second-order valence-electron chi connectivity index (χ2n) is 5.12. The van der Waals surface area contributed by atoms with Crippen LogP contribution in [0, 0.1) is 11.8 Å². The highest BCUT2D eigenvalue weighted by molar-refractivity contribution is 5.79. The summed E-state index contributed by atoms with van der Waals surface area (Å²) in [6, 6.07) is 0. The van der Waals surface area contributed by atoms with Crippen LogP contribution in [0.1, 0.15) is 32.1 Å². The molecule has 3 nitrogen and oxygen atoms in total. The van der Waals surface area contributed by atoms with Crippen LogP contribution >= 0.6 is 0 Å². The summed E-state index contributed by atoms with van der Waals surface area (Å²) in [4.78, 5) is 14.0. The van der Waals surface area contributed by atoms with Gasteiger partial charge in [-0.25, -0.2) is 0 Å². The molecule has 2 rings (SSSR count). The van der Waals surface area contributed by atoms with Gasteiger partial charge in [0.25, 0.3) is 0 Å². The number of carbonyl (C=O) groups is 1. The van der Waals surface area contributed by atoms with Crippen molar-refractivity contribution in [1.29, 1.82) is 0 Å². The van der Waals surface area contributed by atoms with Gasteiger partial charge in [-0.2, -0.15) is 0 Å². The zero-order valence-electron chi connectivity index (χ0n) is 9.67. The van der Waals surface area contributed by atoms with Crippen LogP contribution in [-0.2, 0) is 4.79 Å². The number of carbonyl (C=O) groups excluding carboxylic acids is 1. The number of nitrogens with zero attached hydrogens (tertiary/aromatic N) is 1. The molecule has 0 spiro atoms. The molecule has 0 aromatic carbocycles. The number of hydrogen-bond acceptors (Lipinski definition) is 2. The summed E-state index contributed by atoms with van der Waals surface area (Å²) < 4.78 is 0. The van der Waals surface area contributed by atoms with E-state index in [9.17, 15) is 4.79 Å². The Labute approximate surface area is 92.2 Å². The standard InChI is InChI=1S/C12H22N2O/c1-14-7-5-10(6-8-14)9-13-12(15)11-3-2-4-11/h10-11H,2-9H2,1H3,(H,13,15). The number of rotatable bonds is 3. The maximum atomic E-state index is 11.6. The monoisotopic (exact) mass is 210 g/mol. The minimum atomic E-state index is 0.306. The summed E-state index contributed by atoms with van der Waals surface area (Å²) in [6.45, 7) is 3.27. The Balaban J connectivity index is 1.62. The molecule has 0 bridgehead atoms. The molecular formula is C12H22N2O. The highest BCUT2D eigenvalue weighted by Gasteiger charge is 2.25. The Morgan fingerprint density at radius 3 is 2.47 bits per heavy atom. The molecule has 1 saturated carbocycles. The normalized spacial score (nSPS) is 24.9. The fraction of sp³-hybridized carbons (Fsp3) is 0.917. The van der Waals surface area contributed by atoms with Gasteiger partial charge in [0.2, 0.25) is 5.91 Å². The van der Waals surface area contributed by atoms with E-state index in [1.165, 1.54) is 32.4 Å². The molecule has 0 atom stereocenters. The van der Waals surface area contributed by atoms with E-state index < -0.39 is 0 Å². The molecule has 1 N–H and O–H groups in total. The fourth-order valence-corrected chi connectivity index (χ4v) is 2.33. The van der Waals surface area contributed by atoms with E-state index in [4.69, 9.17) is 0 Å². The molecule has 0 radical (unpaired) electrons. The van der Waals surface area contributed by atoms with Crippen LogP contribution in [0.4, 0.5) is 0 Å². The van der Waals surface area contributed by atoms with E-state index in [1.807, 2.05) is 0 Å². The van der Waals surface area contributed by atoms with Crippen LogP contribution in [0.2, 0.25) is 0 Å². The third-order valence-corrected chi connectivity index (χ3v) is 3.88. The van der Waals surface area contributed by atoms with Crippen molar-refractivity contribution < 1.29 is 4.79 Å². The maximum Gasteiger partial charge on any atom is 0.223 e. The summed E-state index contributed by atoms with van der Waals surface area (Å²) in [5.41, 5.74) is 0. The number of hydrogen-bond donors (Lipinski definition) is 1. The molecule has 0 unspecified atom stereocenters. The second-order valence-corrected chi connectivity index (χ2v) is 5.12. The van der Waals surface area contributed by atoms with Crippen LogP contribution in [0.25, 0.3) is 0 Å². The Morgan fingerprint density at radius 1 is 1.27 bits per heavy atom. The molecule has 2 fully saturated rings. The third-order valence-electron chi connectivity index (χ3n) is 3.88. The molecule has 1 aliphatic heterocycles. The van der Waals surface area contributed by atoms with Gasteiger partial charge in [0, 0.05) is 12.5 Å². The third kappa shape index (κ3) is 2.94. The first-order valence-corrected chi connectivity index (χ1v) is 6.22. The maximum absolute atomic E-state index is 11.6. The molecule has 0 aromatic rings. The summed E-state index contributed by atoms with van der Waals surface area (Å²) >= 11 is 0. The molecule has 1 aliphatic carbocycles. The molecule has 86 valence electrons. The Bertz CT molecular complexity index is 218. The molecule has 1 amide bonds. The van der Waals surface area contributed by atoms with Gasteiger partial charge in [-0.05, 0) is 51.7 Å². The molecular weight excluding hydrogens is 188 g/mol. The minimum absolute atomic E-state index is 0.306. The van der Waals surface area contributed by atoms with Crippen LogP contribution in [0.5, 0.6) is 0 Å². The SMILES string of the molecule is CN1CCC(CNC(=O)C2CCC2)CC1. The topological polar surface area (TPSA) is 32.3 Å². The van der Waals surface area contributed by atoms with Crippen LogP contribution in [0.15, 0.2) is 0 Å². The van der Waals surface area contributed by atoms with Gasteiger partial charge in [-0.1, -0.05) is 6.42 Å². The molecule has 1 heterocycles. The second kappa shape index (κ2) is 4.97. The summed E-state index contributed by atoms with van der Waals surface area (Å²) in [5, 5.41) is 3.11. The predicted octanol–water partition coefficient (Wildman–Crippen LogP) is 1.24. The van der Waals surface area contributed by atoms with E-state index in [-0.39, 0.29) is 0 Å². The quantitative estimate of drug-likeness (QED) is 0.760. The average Bonchev–Trinajstić information content (AvgIpc) is 2.14. The van der Waals surface area contributed by atoms with Crippen molar-refractivity contribution in [2.24, 2.45) is 11.8 Å². The molecule has 0 aromatic heterocycles. The van der Waals surface area contributed by atoms with Crippen molar-refractivity contribution in [3.63, 3.8) is 0 Å². The lowest BCUT2D eigenvalue weighted by atomic mass is 9.84. The Morgan fingerprint density at radius 2 is 1.93 bits per heavy atom. The average molecular weight is 210 g/mol. The first kappa shape index (κ1) is 10.9. The largest absolute Gasteiger partial charge is 0.356 e. The van der Waals surface area contributed by atoms with Crippen molar-refractivity contribution in [1.82, 2.24) is 10.2 Å². The smallest absolute Gasteiger partial charge is 0.223 e. The minimum Gasteiger partial charge on any atom is -0.356 e. The van der Waals surface area contributed by atoms with Gasteiger partial charge in [0.05, 0.1) is 0 Å². The van der Waals surface area contributed by atoms with Crippen molar-refractivity contribution in [2.45, 2.75) is 32.1 Å². The van der Waals surface area contributed by atoms with Crippen LogP contribution < -0.4 is 5.32 Å². The van der Waals surface area contributed by atoms with Gasteiger partial charge in [-0.3, -0.25) is 4.79 Å². The summed E-state index contributed by atoms with van der Waals surface area (Å²) in [5.74, 6) is 1.36. The molecule has 2 aliphatic rings. The Kier molecular flexibility index (Phi) is 3.62. The van der Waals surface area contributed by atoms with Crippen molar-refractivity contribution in [2.75, 3.05) is 26.7 Å². The van der Waals surface area contributed by atoms with Crippen LogP contribution in [-0.4, -0.2) is 37.5 Å². The van der Waals surface area contributed by atoms with Crippen LogP contribution in [0.3, 0.4) is 0 Å². The number of amides is 1. The zero-order chi connectivity index (χ0) is 10.7. The van der Waals surface area contributed by atoms with Gasteiger partial charge < -0.3 is 10.2 Å². The lowest BCUT2D eigenvalue weighted by molar-refractivity contribution is -0.127. The van der Waals surface area contributed by atoms with E-state index >= 15 is 0 Å². The molecule has 15 heavy (non-hydrogen) atoms. The van der Waals surface area contributed by atoms with Gasteiger partial charge in [0.1, 0.15) is 0 Å². The van der Waals surface area contributed by atoms with Crippen molar-refractivity contribution in [3.8, 4) is 0 Å². The Hall–Kier alpha value is -0.570. The van der Waals surface area contributed by atoms with E-state index in [1.54, 1.807) is 0 Å². The van der Waals surface area contributed by atoms with Gasteiger partial charge >= 0.3 is 0 Å². The van der Waals surface area contributed by atoms with Crippen molar-refractivity contribution in [3.05, 3.63) is 0 Å². The summed E-state index contributed by atoms with van der Waals surface area (Å²) in [7, 11) is 2.17. The molecule has 3 heteroatoms. The number of nitrogens with one attached hydrogen (secondary N) is 1. The lowest BCUT2D eigenvalue weighted by Gasteiger charge is -2.30. The van der Waals surface area contributed by atoms with Gasteiger partial charge in [-0.15, -0.1) is 0 Å². The number of piperidine rings is 1. The lowest BCUT2D eigenvalue weighted by Crippen LogP contribution is -2.40. The van der Waals surface area contributed by atoms with Crippen molar-refractivity contribution >= 4 is 5.91 Å².